The molecule has 0 saturated carbocycles. The van der Waals surface area contributed by atoms with Crippen LogP contribution in [-0.2, 0) is 0 Å². The Morgan fingerprint density at radius 2 is 2.15 bits per heavy atom. The van der Waals surface area contributed by atoms with E-state index in [2.05, 4.69) is 40.8 Å². The van der Waals surface area contributed by atoms with Crippen molar-refractivity contribution in [1.29, 1.82) is 0 Å². The third-order valence-electron chi connectivity index (χ3n) is 3.91. The van der Waals surface area contributed by atoms with E-state index in [1.807, 2.05) is 6.92 Å². The first-order valence-corrected chi connectivity index (χ1v) is 6.90. The lowest BCUT2D eigenvalue weighted by molar-refractivity contribution is 0.263. The summed E-state index contributed by atoms with van der Waals surface area (Å²) < 4.78 is 0. The Balaban J connectivity index is 2.24. The second kappa shape index (κ2) is 5.26. The Hall–Kier alpha value is -1.85. The van der Waals surface area contributed by atoms with Crippen LogP contribution in [0.1, 0.15) is 38.6 Å². The van der Waals surface area contributed by atoms with E-state index in [9.17, 15) is 0 Å². The molecule has 6 heteroatoms. The minimum Gasteiger partial charge on any atom is -0.409 e. The average Bonchev–Trinajstić information content (AvgIpc) is 2.86. The number of aryl methyl sites for hydroxylation is 1. The summed E-state index contributed by atoms with van der Waals surface area (Å²) in [6, 6.07) is 1.72. The van der Waals surface area contributed by atoms with E-state index in [0.717, 1.165) is 25.2 Å². The van der Waals surface area contributed by atoms with Crippen molar-refractivity contribution in [2.75, 3.05) is 18.0 Å². The van der Waals surface area contributed by atoms with Gasteiger partial charge in [-0.15, -0.1) is 0 Å². The van der Waals surface area contributed by atoms with Crippen LogP contribution < -0.4 is 10.6 Å². The Bertz CT molecular complexity index is 521. The molecule has 0 aromatic carbocycles. The van der Waals surface area contributed by atoms with Gasteiger partial charge in [0.1, 0.15) is 5.69 Å². The summed E-state index contributed by atoms with van der Waals surface area (Å²) in [7, 11) is 0. The summed E-state index contributed by atoms with van der Waals surface area (Å²) in [5.41, 5.74) is 7.19. The maximum atomic E-state index is 8.77. The maximum absolute atomic E-state index is 8.77. The monoisotopic (exact) mass is 277 g/mol. The van der Waals surface area contributed by atoms with Crippen molar-refractivity contribution in [3.8, 4) is 0 Å². The quantitative estimate of drug-likeness (QED) is 0.372. The normalized spacial score (nSPS) is 20.5. The molecule has 1 atom stereocenters. The fourth-order valence-corrected chi connectivity index (χ4v) is 2.53. The number of hydrogen-bond acceptors (Lipinski definition) is 5. The molecule has 0 bridgehead atoms. The summed E-state index contributed by atoms with van der Waals surface area (Å²) in [5, 5.41) is 11.8. The van der Waals surface area contributed by atoms with E-state index in [0.29, 0.717) is 17.6 Å². The zero-order chi connectivity index (χ0) is 14.9. The van der Waals surface area contributed by atoms with Gasteiger partial charge in [0.15, 0.2) is 5.84 Å². The molecule has 1 aromatic heterocycles. The third kappa shape index (κ3) is 3.00. The van der Waals surface area contributed by atoms with Gasteiger partial charge in [-0.05, 0) is 30.7 Å². The molecule has 0 spiro atoms. The molecule has 1 fully saturated rings. The number of oxime groups is 1. The topological polar surface area (TPSA) is 87.6 Å². The summed E-state index contributed by atoms with van der Waals surface area (Å²) in [5.74, 6) is 1.31. The molecular formula is C14H23N5O. The maximum Gasteiger partial charge on any atom is 0.226 e. The van der Waals surface area contributed by atoms with Crippen LogP contribution in [-0.4, -0.2) is 34.1 Å². The highest BCUT2D eigenvalue weighted by Gasteiger charge is 2.33. The number of nitrogens with two attached hydrogens (primary N) is 1. The third-order valence-corrected chi connectivity index (χ3v) is 3.91. The van der Waals surface area contributed by atoms with Crippen molar-refractivity contribution >= 4 is 11.8 Å². The Morgan fingerprint density at radius 3 is 2.70 bits per heavy atom. The second-order valence-corrected chi connectivity index (χ2v) is 6.48. The van der Waals surface area contributed by atoms with Gasteiger partial charge < -0.3 is 15.8 Å². The average molecular weight is 277 g/mol. The van der Waals surface area contributed by atoms with Crippen molar-refractivity contribution in [1.82, 2.24) is 9.97 Å². The standard InChI is InChI=1S/C14H23N5O/c1-9-7-11(12(15)18-20)17-13(16-9)19-6-5-10(8-19)14(2,3)4/h7,10,20H,5-6,8H2,1-4H3,(H2,15,18). The molecule has 1 aliphatic rings. The summed E-state index contributed by atoms with van der Waals surface area (Å²) in [6.45, 7) is 10.6. The predicted octanol–water partition coefficient (Wildman–Crippen LogP) is 1.75. The fraction of sp³-hybridized carbons (Fsp3) is 0.643. The van der Waals surface area contributed by atoms with E-state index in [-0.39, 0.29) is 11.3 Å². The van der Waals surface area contributed by atoms with E-state index >= 15 is 0 Å². The first-order valence-electron chi connectivity index (χ1n) is 6.90. The van der Waals surface area contributed by atoms with Crippen LogP contribution in [0.4, 0.5) is 5.95 Å². The molecular weight excluding hydrogens is 254 g/mol. The molecule has 1 aliphatic heterocycles. The second-order valence-electron chi connectivity index (χ2n) is 6.48. The lowest BCUT2D eigenvalue weighted by Gasteiger charge is -2.27. The van der Waals surface area contributed by atoms with Crippen molar-refractivity contribution in [3.63, 3.8) is 0 Å². The minimum absolute atomic E-state index is 0.0170. The molecule has 3 N–H and O–H groups in total. The Morgan fingerprint density at radius 1 is 1.45 bits per heavy atom. The van der Waals surface area contributed by atoms with Crippen LogP contribution in [0.2, 0.25) is 0 Å². The summed E-state index contributed by atoms with van der Waals surface area (Å²) >= 11 is 0. The van der Waals surface area contributed by atoms with Crippen LogP contribution in [0.3, 0.4) is 0 Å². The molecule has 2 heterocycles. The van der Waals surface area contributed by atoms with Crippen molar-refractivity contribution in [3.05, 3.63) is 17.5 Å². The Kier molecular flexibility index (Phi) is 3.83. The van der Waals surface area contributed by atoms with Crippen LogP contribution in [0.25, 0.3) is 0 Å². The smallest absolute Gasteiger partial charge is 0.226 e. The first-order chi connectivity index (χ1) is 9.31. The zero-order valence-corrected chi connectivity index (χ0v) is 12.6. The number of amidine groups is 1. The molecule has 0 aliphatic carbocycles. The minimum atomic E-state index is 0.0170. The van der Waals surface area contributed by atoms with Gasteiger partial charge in [0.2, 0.25) is 5.95 Å². The molecule has 20 heavy (non-hydrogen) atoms. The van der Waals surface area contributed by atoms with Crippen LogP contribution >= 0.6 is 0 Å². The molecule has 1 unspecified atom stereocenters. The van der Waals surface area contributed by atoms with Gasteiger partial charge >= 0.3 is 0 Å². The first kappa shape index (κ1) is 14.6. The number of nitrogens with zero attached hydrogens (tertiary/aromatic N) is 4. The van der Waals surface area contributed by atoms with Gasteiger partial charge in [0, 0.05) is 18.8 Å². The van der Waals surface area contributed by atoms with E-state index < -0.39 is 0 Å². The highest BCUT2D eigenvalue weighted by molar-refractivity contribution is 5.95. The number of aromatic nitrogens is 2. The van der Waals surface area contributed by atoms with Crippen LogP contribution in [0.15, 0.2) is 11.2 Å². The summed E-state index contributed by atoms with van der Waals surface area (Å²) in [6.07, 6.45) is 1.14. The van der Waals surface area contributed by atoms with Gasteiger partial charge in [0.25, 0.3) is 0 Å². The summed E-state index contributed by atoms with van der Waals surface area (Å²) in [4.78, 5) is 11.1. The number of hydrogen-bond donors (Lipinski definition) is 2. The molecule has 2 rings (SSSR count). The van der Waals surface area contributed by atoms with Crippen LogP contribution in [0, 0.1) is 18.3 Å². The molecule has 6 nitrogen and oxygen atoms in total. The van der Waals surface area contributed by atoms with Crippen LogP contribution in [0.5, 0.6) is 0 Å². The number of anilines is 1. The van der Waals surface area contributed by atoms with E-state index in [1.54, 1.807) is 6.07 Å². The molecule has 110 valence electrons. The molecule has 1 saturated heterocycles. The van der Waals surface area contributed by atoms with E-state index in [4.69, 9.17) is 10.9 Å². The van der Waals surface area contributed by atoms with Gasteiger partial charge in [-0.3, -0.25) is 0 Å². The SMILES string of the molecule is Cc1cc(/C(N)=N/O)nc(N2CCC(C(C)(C)C)C2)n1. The highest BCUT2D eigenvalue weighted by atomic mass is 16.4. The predicted molar refractivity (Wildman–Crippen MR) is 79.1 cm³/mol. The lowest BCUT2D eigenvalue weighted by Crippen LogP contribution is -2.28. The van der Waals surface area contributed by atoms with E-state index in [1.165, 1.54) is 0 Å². The number of rotatable bonds is 2. The highest BCUT2D eigenvalue weighted by Crippen LogP contribution is 2.34. The van der Waals surface area contributed by atoms with Crippen molar-refractivity contribution in [2.45, 2.75) is 34.1 Å². The van der Waals surface area contributed by atoms with Gasteiger partial charge in [-0.25, -0.2) is 9.97 Å². The van der Waals surface area contributed by atoms with Gasteiger partial charge in [-0.2, -0.15) is 0 Å². The lowest BCUT2D eigenvalue weighted by atomic mass is 9.80. The van der Waals surface area contributed by atoms with Crippen molar-refractivity contribution in [2.24, 2.45) is 22.2 Å². The zero-order valence-electron chi connectivity index (χ0n) is 12.6. The largest absolute Gasteiger partial charge is 0.409 e. The van der Waals surface area contributed by atoms with Crippen molar-refractivity contribution < 1.29 is 5.21 Å². The molecule has 1 aromatic rings. The fourth-order valence-electron chi connectivity index (χ4n) is 2.53. The molecule has 0 amide bonds. The molecule has 0 radical (unpaired) electrons. The van der Waals surface area contributed by atoms with Gasteiger partial charge in [-0.1, -0.05) is 25.9 Å². The Labute approximate surface area is 119 Å². The van der Waals surface area contributed by atoms with Gasteiger partial charge in [0.05, 0.1) is 0 Å².